The third-order valence-corrected chi connectivity index (χ3v) is 3.73. The highest BCUT2D eigenvalue weighted by molar-refractivity contribution is 6.31. The molecular formula is C16H24ClNO2. The smallest absolute Gasteiger partial charge is 0.220 e. The molecule has 0 aliphatic carbocycles. The van der Waals surface area contributed by atoms with E-state index in [1.165, 1.54) is 0 Å². The molecule has 0 spiro atoms. The zero-order chi connectivity index (χ0) is 15.0. The fraction of sp³-hybridized carbons (Fsp3) is 0.562. The van der Waals surface area contributed by atoms with Crippen LogP contribution in [0.5, 0.6) is 0 Å². The first-order valence-corrected chi connectivity index (χ1v) is 7.43. The van der Waals surface area contributed by atoms with Gasteiger partial charge < -0.3 is 10.4 Å². The SMILES string of the molecule is CC(C)(CO)CCCNC(=O)CCc1ccccc1Cl. The van der Waals surface area contributed by atoms with Crippen LogP contribution in [0.1, 0.15) is 38.7 Å². The van der Waals surface area contributed by atoms with Crippen LogP contribution in [0.15, 0.2) is 24.3 Å². The van der Waals surface area contributed by atoms with Crippen LogP contribution in [0.2, 0.25) is 5.02 Å². The molecule has 0 fully saturated rings. The van der Waals surface area contributed by atoms with Crippen LogP contribution >= 0.6 is 11.6 Å². The lowest BCUT2D eigenvalue weighted by Gasteiger charge is -2.21. The van der Waals surface area contributed by atoms with E-state index in [0.29, 0.717) is 24.4 Å². The molecule has 2 N–H and O–H groups in total. The molecule has 112 valence electrons. The monoisotopic (exact) mass is 297 g/mol. The summed E-state index contributed by atoms with van der Waals surface area (Å²) < 4.78 is 0. The summed E-state index contributed by atoms with van der Waals surface area (Å²) in [7, 11) is 0. The summed E-state index contributed by atoms with van der Waals surface area (Å²) in [5.74, 6) is 0.0479. The van der Waals surface area contributed by atoms with Crippen molar-refractivity contribution in [3.05, 3.63) is 34.9 Å². The highest BCUT2D eigenvalue weighted by Gasteiger charge is 2.15. The fourth-order valence-corrected chi connectivity index (χ4v) is 2.14. The molecule has 0 saturated carbocycles. The van der Waals surface area contributed by atoms with Crippen LogP contribution in [0.4, 0.5) is 0 Å². The lowest BCUT2D eigenvalue weighted by molar-refractivity contribution is -0.121. The van der Waals surface area contributed by atoms with Gasteiger partial charge in [-0.2, -0.15) is 0 Å². The van der Waals surface area contributed by atoms with Crippen molar-refractivity contribution in [1.82, 2.24) is 5.32 Å². The first-order chi connectivity index (χ1) is 9.44. The Labute approximate surface area is 126 Å². The maximum Gasteiger partial charge on any atom is 0.220 e. The van der Waals surface area contributed by atoms with Crippen molar-refractivity contribution in [2.45, 2.75) is 39.5 Å². The van der Waals surface area contributed by atoms with Gasteiger partial charge in [-0.3, -0.25) is 4.79 Å². The quantitative estimate of drug-likeness (QED) is 0.724. The molecule has 0 aliphatic rings. The lowest BCUT2D eigenvalue weighted by Crippen LogP contribution is -2.26. The maximum atomic E-state index is 11.7. The van der Waals surface area contributed by atoms with Gasteiger partial charge in [-0.25, -0.2) is 0 Å². The largest absolute Gasteiger partial charge is 0.396 e. The standard InChI is InChI=1S/C16H24ClNO2/c1-16(2,12-19)10-5-11-18-15(20)9-8-13-6-3-4-7-14(13)17/h3-4,6-7,19H,5,8-12H2,1-2H3,(H,18,20). The molecule has 0 unspecified atom stereocenters. The van der Waals surface area contributed by atoms with Gasteiger partial charge in [0.05, 0.1) is 0 Å². The maximum absolute atomic E-state index is 11.7. The molecule has 0 aliphatic heterocycles. The number of amides is 1. The normalized spacial score (nSPS) is 11.4. The van der Waals surface area contributed by atoms with Gasteiger partial charge in [0.2, 0.25) is 5.91 Å². The molecule has 4 heteroatoms. The van der Waals surface area contributed by atoms with E-state index in [1.807, 2.05) is 38.1 Å². The zero-order valence-corrected chi connectivity index (χ0v) is 13.0. The molecule has 1 aromatic carbocycles. The van der Waals surface area contributed by atoms with Gasteiger partial charge >= 0.3 is 0 Å². The molecule has 1 amide bonds. The van der Waals surface area contributed by atoms with Crippen molar-refractivity contribution in [3.8, 4) is 0 Å². The van der Waals surface area contributed by atoms with Crippen LogP contribution in [-0.2, 0) is 11.2 Å². The zero-order valence-electron chi connectivity index (χ0n) is 12.3. The van der Waals surface area contributed by atoms with Gasteiger partial charge in [0.15, 0.2) is 0 Å². The summed E-state index contributed by atoms with van der Waals surface area (Å²) in [4.78, 5) is 11.7. The highest BCUT2D eigenvalue weighted by atomic mass is 35.5. The van der Waals surface area contributed by atoms with Crippen LogP contribution in [0, 0.1) is 5.41 Å². The van der Waals surface area contributed by atoms with E-state index in [2.05, 4.69) is 5.32 Å². The van der Waals surface area contributed by atoms with Gasteiger partial charge in [-0.15, -0.1) is 0 Å². The van der Waals surface area contributed by atoms with Crippen LogP contribution in [-0.4, -0.2) is 24.2 Å². The number of aryl methyl sites for hydroxylation is 1. The van der Waals surface area contributed by atoms with E-state index in [0.717, 1.165) is 18.4 Å². The summed E-state index contributed by atoms with van der Waals surface area (Å²) in [6, 6.07) is 7.59. The number of aliphatic hydroxyl groups excluding tert-OH is 1. The molecule has 0 bridgehead atoms. The Hall–Kier alpha value is -1.06. The summed E-state index contributed by atoms with van der Waals surface area (Å²) in [6.07, 6.45) is 2.89. The summed E-state index contributed by atoms with van der Waals surface area (Å²) in [5.41, 5.74) is 0.938. The van der Waals surface area contributed by atoms with Gasteiger partial charge in [0, 0.05) is 24.6 Å². The minimum Gasteiger partial charge on any atom is -0.396 e. The summed E-state index contributed by atoms with van der Waals surface area (Å²) in [5, 5.41) is 12.8. The summed E-state index contributed by atoms with van der Waals surface area (Å²) in [6.45, 7) is 4.87. The second-order valence-electron chi connectivity index (χ2n) is 5.87. The van der Waals surface area contributed by atoms with Gasteiger partial charge in [-0.1, -0.05) is 43.6 Å². The predicted molar refractivity (Wildman–Crippen MR) is 82.9 cm³/mol. The Balaban J connectivity index is 2.20. The van der Waals surface area contributed by atoms with E-state index < -0.39 is 0 Å². The second-order valence-corrected chi connectivity index (χ2v) is 6.27. The van der Waals surface area contributed by atoms with E-state index in [9.17, 15) is 4.79 Å². The number of carbonyl (C=O) groups is 1. The molecule has 3 nitrogen and oxygen atoms in total. The Morgan fingerprint density at radius 2 is 2.05 bits per heavy atom. The van der Waals surface area contributed by atoms with Crippen molar-refractivity contribution in [2.24, 2.45) is 5.41 Å². The number of aliphatic hydroxyl groups is 1. The Kier molecular flexibility index (Phi) is 7.03. The third kappa shape index (κ3) is 6.40. The number of rotatable bonds is 8. The van der Waals surface area contributed by atoms with E-state index in [-0.39, 0.29) is 17.9 Å². The number of nitrogens with one attached hydrogen (secondary N) is 1. The van der Waals surface area contributed by atoms with E-state index in [4.69, 9.17) is 16.7 Å². The summed E-state index contributed by atoms with van der Waals surface area (Å²) >= 11 is 6.05. The van der Waals surface area contributed by atoms with Crippen LogP contribution in [0.3, 0.4) is 0 Å². The van der Waals surface area contributed by atoms with Crippen molar-refractivity contribution < 1.29 is 9.90 Å². The van der Waals surface area contributed by atoms with E-state index in [1.54, 1.807) is 0 Å². The first-order valence-electron chi connectivity index (χ1n) is 7.05. The molecule has 0 aromatic heterocycles. The molecule has 0 atom stereocenters. The number of hydrogen-bond donors (Lipinski definition) is 2. The number of benzene rings is 1. The molecule has 0 heterocycles. The molecule has 1 rings (SSSR count). The van der Waals surface area contributed by atoms with Crippen molar-refractivity contribution in [3.63, 3.8) is 0 Å². The Bertz CT molecular complexity index is 432. The van der Waals surface area contributed by atoms with Crippen LogP contribution in [0.25, 0.3) is 0 Å². The third-order valence-electron chi connectivity index (χ3n) is 3.36. The fourth-order valence-electron chi connectivity index (χ4n) is 1.91. The van der Waals surface area contributed by atoms with Crippen molar-refractivity contribution in [2.75, 3.05) is 13.2 Å². The minimum absolute atomic E-state index is 0.0479. The van der Waals surface area contributed by atoms with Gasteiger partial charge in [0.1, 0.15) is 0 Å². The number of halogens is 1. The average Bonchev–Trinajstić information content (AvgIpc) is 2.43. The van der Waals surface area contributed by atoms with Crippen molar-refractivity contribution in [1.29, 1.82) is 0 Å². The van der Waals surface area contributed by atoms with Gasteiger partial charge in [-0.05, 0) is 36.3 Å². The van der Waals surface area contributed by atoms with E-state index >= 15 is 0 Å². The predicted octanol–water partition coefficient (Wildman–Crippen LogP) is 3.19. The number of hydrogen-bond acceptors (Lipinski definition) is 2. The van der Waals surface area contributed by atoms with Gasteiger partial charge in [0.25, 0.3) is 0 Å². The van der Waals surface area contributed by atoms with Crippen molar-refractivity contribution >= 4 is 17.5 Å². The molecule has 0 radical (unpaired) electrons. The Morgan fingerprint density at radius 3 is 2.70 bits per heavy atom. The molecular weight excluding hydrogens is 274 g/mol. The Morgan fingerprint density at radius 1 is 1.35 bits per heavy atom. The van der Waals surface area contributed by atoms with Crippen LogP contribution < -0.4 is 5.32 Å². The lowest BCUT2D eigenvalue weighted by atomic mass is 9.89. The molecule has 0 saturated heterocycles. The number of carbonyl (C=O) groups excluding carboxylic acids is 1. The second kappa shape index (κ2) is 8.28. The average molecular weight is 298 g/mol. The molecule has 20 heavy (non-hydrogen) atoms. The topological polar surface area (TPSA) is 49.3 Å². The highest BCUT2D eigenvalue weighted by Crippen LogP contribution is 2.20. The minimum atomic E-state index is -0.0672. The first kappa shape index (κ1) is 17.0. The molecule has 1 aromatic rings.